The molecular formula is C10H17N3S2. The van der Waals surface area contributed by atoms with E-state index in [0.29, 0.717) is 5.82 Å². The van der Waals surface area contributed by atoms with Crippen molar-refractivity contribution < 1.29 is 0 Å². The van der Waals surface area contributed by atoms with Gasteiger partial charge in [0.15, 0.2) is 5.16 Å². The molecule has 1 aromatic heterocycles. The fourth-order valence-electron chi connectivity index (χ4n) is 1.11. The van der Waals surface area contributed by atoms with Crippen LogP contribution < -0.4 is 5.73 Å². The van der Waals surface area contributed by atoms with E-state index in [1.54, 1.807) is 11.8 Å². The van der Waals surface area contributed by atoms with Crippen LogP contribution in [0.1, 0.15) is 26.2 Å². The van der Waals surface area contributed by atoms with Crippen LogP contribution in [-0.2, 0) is 0 Å². The minimum Gasteiger partial charge on any atom is -0.384 e. The molecule has 1 heterocycles. The lowest BCUT2D eigenvalue weighted by Gasteiger charge is -2.03. The van der Waals surface area contributed by atoms with Gasteiger partial charge in [-0.2, -0.15) is 0 Å². The number of nitrogen functional groups attached to an aromatic ring is 1. The third-order valence-electron chi connectivity index (χ3n) is 1.88. The molecule has 0 aliphatic heterocycles. The molecule has 1 rings (SSSR count). The summed E-state index contributed by atoms with van der Waals surface area (Å²) < 4.78 is 0. The molecule has 0 amide bonds. The third-order valence-corrected chi connectivity index (χ3v) is 3.43. The van der Waals surface area contributed by atoms with E-state index >= 15 is 0 Å². The van der Waals surface area contributed by atoms with E-state index in [2.05, 4.69) is 16.9 Å². The highest BCUT2D eigenvalue weighted by atomic mass is 32.2. The number of hydrogen-bond acceptors (Lipinski definition) is 5. The number of hydrogen-bond donors (Lipinski definition) is 1. The fourth-order valence-corrected chi connectivity index (χ4v) is 2.47. The second-order valence-electron chi connectivity index (χ2n) is 3.17. The van der Waals surface area contributed by atoms with E-state index < -0.39 is 0 Å². The average Bonchev–Trinajstić information content (AvgIpc) is 2.23. The van der Waals surface area contributed by atoms with Crippen molar-refractivity contribution in [3.63, 3.8) is 0 Å². The Balaban J connectivity index is 2.49. The van der Waals surface area contributed by atoms with Gasteiger partial charge in [-0.15, -0.1) is 11.8 Å². The number of thioether (sulfide) groups is 2. The minimum atomic E-state index is 0.562. The van der Waals surface area contributed by atoms with Gasteiger partial charge in [-0.25, -0.2) is 9.97 Å². The van der Waals surface area contributed by atoms with Crippen LogP contribution in [0.4, 0.5) is 5.82 Å². The van der Waals surface area contributed by atoms with Gasteiger partial charge in [-0.3, -0.25) is 0 Å². The highest BCUT2D eigenvalue weighted by Crippen LogP contribution is 2.21. The molecule has 5 heteroatoms. The lowest BCUT2D eigenvalue weighted by Crippen LogP contribution is -1.96. The summed E-state index contributed by atoms with van der Waals surface area (Å²) in [4.78, 5) is 8.50. The van der Waals surface area contributed by atoms with Gasteiger partial charge in [0.1, 0.15) is 10.8 Å². The number of unbranched alkanes of at least 4 members (excludes halogenated alkanes) is 2. The topological polar surface area (TPSA) is 51.8 Å². The summed E-state index contributed by atoms with van der Waals surface area (Å²) >= 11 is 3.28. The highest BCUT2D eigenvalue weighted by molar-refractivity contribution is 7.99. The first-order valence-corrected chi connectivity index (χ1v) is 7.28. The Labute approximate surface area is 99.6 Å². The van der Waals surface area contributed by atoms with Crippen LogP contribution in [0.5, 0.6) is 0 Å². The highest BCUT2D eigenvalue weighted by Gasteiger charge is 2.01. The summed E-state index contributed by atoms with van der Waals surface area (Å²) in [6.07, 6.45) is 5.73. The predicted octanol–water partition coefficient (Wildman–Crippen LogP) is 3.06. The molecule has 0 aliphatic rings. The number of nitrogens with two attached hydrogens (primary N) is 1. The summed E-state index contributed by atoms with van der Waals surface area (Å²) in [5, 5.41) is 1.75. The van der Waals surface area contributed by atoms with Gasteiger partial charge < -0.3 is 5.73 Å². The summed E-state index contributed by atoms with van der Waals surface area (Å²) in [6.45, 7) is 2.21. The standard InChI is InChI=1S/C10H17N3S2/c1-3-4-5-6-15-9-7-8(11)12-10(13-9)14-2/h7H,3-6H2,1-2H3,(H2,11,12,13). The van der Waals surface area contributed by atoms with E-state index in [0.717, 1.165) is 15.9 Å². The van der Waals surface area contributed by atoms with Crippen molar-refractivity contribution in [3.8, 4) is 0 Å². The lowest BCUT2D eigenvalue weighted by molar-refractivity contribution is 0.777. The van der Waals surface area contributed by atoms with Crippen molar-refractivity contribution in [2.24, 2.45) is 0 Å². The molecule has 84 valence electrons. The van der Waals surface area contributed by atoms with Gasteiger partial charge in [-0.05, 0) is 18.4 Å². The first-order valence-electron chi connectivity index (χ1n) is 5.07. The maximum Gasteiger partial charge on any atom is 0.190 e. The van der Waals surface area contributed by atoms with Crippen LogP contribution in [0, 0.1) is 0 Å². The van der Waals surface area contributed by atoms with Gasteiger partial charge in [0.2, 0.25) is 0 Å². The molecule has 0 saturated heterocycles. The van der Waals surface area contributed by atoms with Gasteiger partial charge >= 0.3 is 0 Å². The molecule has 3 nitrogen and oxygen atoms in total. The monoisotopic (exact) mass is 243 g/mol. The fraction of sp³-hybridized carbons (Fsp3) is 0.600. The van der Waals surface area contributed by atoms with Crippen LogP contribution in [-0.4, -0.2) is 22.0 Å². The molecule has 0 saturated carbocycles. The number of aromatic nitrogens is 2. The van der Waals surface area contributed by atoms with Crippen LogP contribution in [0.3, 0.4) is 0 Å². The van der Waals surface area contributed by atoms with Crippen LogP contribution >= 0.6 is 23.5 Å². The Bertz CT molecular complexity index is 305. The second-order valence-corrected chi connectivity index (χ2v) is 5.06. The summed E-state index contributed by atoms with van der Waals surface area (Å²) in [5.41, 5.74) is 5.69. The van der Waals surface area contributed by atoms with Gasteiger partial charge in [0.05, 0.1) is 0 Å². The van der Waals surface area contributed by atoms with E-state index in [1.165, 1.54) is 31.0 Å². The molecule has 1 aromatic rings. The Morgan fingerprint density at radius 1 is 1.33 bits per heavy atom. The molecule has 0 radical (unpaired) electrons. The number of anilines is 1. The average molecular weight is 243 g/mol. The van der Waals surface area contributed by atoms with Crippen molar-refractivity contribution in [2.45, 2.75) is 36.4 Å². The number of rotatable bonds is 6. The molecule has 2 N–H and O–H groups in total. The molecule has 0 atom stereocenters. The predicted molar refractivity (Wildman–Crippen MR) is 68.5 cm³/mol. The second kappa shape index (κ2) is 6.95. The van der Waals surface area contributed by atoms with Crippen molar-refractivity contribution in [1.29, 1.82) is 0 Å². The summed E-state index contributed by atoms with van der Waals surface area (Å²) in [7, 11) is 0. The van der Waals surface area contributed by atoms with Gasteiger partial charge in [0, 0.05) is 6.07 Å². The third kappa shape index (κ3) is 4.75. The molecule has 0 fully saturated rings. The van der Waals surface area contributed by atoms with Crippen molar-refractivity contribution in [2.75, 3.05) is 17.7 Å². The molecule has 0 spiro atoms. The Morgan fingerprint density at radius 3 is 2.80 bits per heavy atom. The van der Waals surface area contributed by atoms with E-state index in [4.69, 9.17) is 5.73 Å². The molecule has 0 bridgehead atoms. The number of nitrogens with zero attached hydrogens (tertiary/aromatic N) is 2. The quantitative estimate of drug-likeness (QED) is 0.360. The summed E-state index contributed by atoms with van der Waals surface area (Å²) in [5.74, 6) is 1.67. The van der Waals surface area contributed by atoms with Crippen LogP contribution in [0.25, 0.3) is 0 Å². The van der Waals surface area contributed by atoms with Crippen molar-refractivity contribution >= 4 is 29.3 Å². The van der Waals surface area contributed by atoms with E-state index in [1.807, 2.05) is 12.3 Å². The largest absolute Gasteiger partial charge is 0.384 e. The molecule has 0 unspecified atom stereocenters. The van der Waals surface area contributed by atoms with Crippen LogP contribution in [0.2, 0.25) is 0 Å². The normalized spacial score (nSPS) is 10.5. The van der Waals surface area contributed by atoms with Gasteiger partial charge in [0.25, 0.3) is 0 Å². The SMILES string of the molecule is CCCCCSc1cc(N)nc(SC)n1. The maximum atomic E-state index is 5.69. The molecular weight excluding hydrogens is 226 g/mol. The smallest absolute Gasteiger partial charge is 0.190 e. The zero-order valence-corrected chi connectivity index (χ0v) is 10.8. The zero-order valence-electron chi connectivity index (χ0n) is 9.19. The minimum absolute atomic E-state index is 0.562. The van der Waals surface area contributed by atoms with Crippen molar-refractivity contribution in [1.82, 2.24) is 9.97 Å². The lowest BCUT2D eigenvalue weighted by atomic mass is 10.3. The first kappa shape index (κ1) is 12.6. The first-order chi connectivity index (χ1) is 7.26. The molecule has 15 heavy (non-hydrogen) atoms. The maximum absolute atomic E-state index is 5.69. The Hall–Kier alpha value is -0.420. The Kier molecular flexibility index (Phi) is 5.86. The van der Waals surface area contributed by atoms with Crippen LogP contribution in [0.15, 0.2) is 16.2 Å². The Morgan fingerprint density at radius 2 is 2.13 bits per heavy atom. The van der Waals surface area contributed by atoms with E-state index in [9.17, 15) is 0 Å². The van der Waals surface area contributed by atoms with Gasteiger partial charge in [-0.1, -0.05) is 31.5 Å². The van der Waals surface area contributed by atoms with Crippen molar-refractivity contribution in [3.05, 3.63) is 6.07 Å². The molecule has 0 aromatic carbocycles. The zero-order chi connectivity index (χ0) is 11.1. The summed E-state index contributed by atoms with van der Waals surface area (Å²) in [6, 6.07) is 1.84. The van der Waals surface area contributed by atoms with E-state index in [-0.39, 0.29) is 0 Å². The molecule has 0 aliphatic carbocycles.